The second-order valence-electron chi connectivity index (χ2n) is 6.54. The SMILES string of the molecule is CNC(=O)c1cc([N+](=O)[O-])ccc1N1CCCC(C)(C)CC1. The van der Waals surface area contributed by atoms with Gasteiger partial charge in [0.25, 0.3) is 11.6 Å². The van der Waals surface area contributed by atoms with E-state index in [0.29, 0.717) is 11.0 Å². The highest BCUT2D eigenvalue weighted by Crippen LogP contribution is 2.33. The van der Waals surface area contributed by atoms with Crippen molar-refractivity contribution in [3.8, 4) is 0 Å². The number of hydrogen-bond donors (Lipinski definition) is 1. The zero-order valence-corrected chi connectivity index (χ0v) is 13.4. The molecule has 1 fully saturated rings. The Labute approximate surface area is 130 Å². The van der Waals surface area contributed by atoms with Gasteiger partial charge in [-0.2, -0.15) is 0 Å². The van der Waals surface area contributed by atoms with Gasteiger partial charge in [0.05, 0.1) is 16.2 Å². The monoisotopic (exact) mass is 305 g/mol. The molecule has 1 aliphatic heterocycles. The average molecular weight is 305 g/mol. The van der Waals surface area contributed by atoms with Gasteiger partial charge >= 0.3 is 0 Å². The summed E-state index contributed by atoms with van der Waals surface area (Å²) in [4.78, 5) is 24.8. The van der Waals surface area contributed by atoms with E-state index in [-0.39, 0.29) is 11.6 Å². The quantitative estimate of drug-likeness (QED) is 0.688. The van der Waals surface area contributed by atoms with E-state index in [1.165, 1.54) is 19.2 Å². The Morgan fingerprint density at radius 2 is 2.05 bits per heavy atom. The number of carbonyl (C=O) groups is 1. The highest BCUT2D eigenvalue weighted by molar-refractivity contribution is 6.00. The van der Waals surface area contributed by atoms with Crippen LogP contribution in [-0.4, -0.2) is 31.0 Å². The summed E-state index contributed by atoms with van der Waals surface area (Å²) in [7, 11) is 1.54. The van der Waals surface area contributed by atoms with Gasteiger partial charge in [-0.3, -0.25) is 14.9 Å². The summed E-state index contributed by atoms with van der Waals surface area (Å²) in [5, 5.41) is 13.5. The van der Waals surface area contributed by atoms with Crippen LogP contribution in [0.15, 0.2) is 18.2 Å². The maximum absolute atomic E-state index is 12.1. The van der Waals surface area contributed by atoms with Gasteiger partial charge in [0.2, 0.25) is 0 Å². The standard InChI is InChI=1S/C16H23N3O3/c1-16(2)7-4-9-18(10-8-16)14-6-5-12(19(21)22)11-13(14)15(20)17-3/h5-6,11H,4,7-10H2,1-3H3,(H,17,20). The number of non-ortho nitro benzene ring substituents is 1. The molecule has 0 radical (unpaired) electrons. The Morgan fingerprint density at radius 3 is 2.68 bits per heavy atom. The molecule has 1 aromatic carbocycles. The summed E-state index contributed by atoms with van der Waals surface area (Å²) >= 11 is 0. The molecule has 0 aliphatic carbocycles. The fourth-order valence-corrected chi connectivity index (χ4v) is 2.89. The minimum atomic E-state index is -0.470. The van der Waals surface area contributed by atoms with Crippen LogP contribution in [0.2, 0.25) is 0 Å². The first-order valence-electron chi connectivity index (χ1n) is 7.59. The predicted octanol–water partition coefficient (Wildman–Crippen LogP) is 2.97. The summed E-state index contributed by atoms with van der Waals surface area (Å²) in [6.45, 7) is 6.23. The third-order valence-corrected chi connectivity index (χ3v) is 4.34. The fraction of sp³-hybridized carbons (Fsp3) is 0.562. The number of nitrogens with zero attached hydrogens (tertiary/aromatic N) is 2. The molecule has 0 aromatic heterocycles. The second-order valence-corrected chi connectivity index (χ2v) is 6.54. The number of carbonyl (C=O) groups excluding carboxylic acids is 1. The Morgan fingerprint density at radius 1 is 1.32 bits per heavy atom. The number of nitro groups is 1. The molecule has 1 aromatic rings. The molecule has 0 unspecified atom stereocenters. The third-order valence-electron chi connectivity index (χ3n) is 4.34. The van der Waals surface area contributed by atoms with Crippen LogP contribution < -0.4 is 10.2 Å². The highest BCUT2D eigenvalue weighted by atomic mass is 16.6. The van der Waals surface area contributed by atoms with E-state index in [1.807, 2.05) is 0 Å². The third kappa shape index (κ3) is 3.55. The molecular formula is C16H23N3O3. The number of nitro benzene ring substituents is 1. The normalized spacial score (nSPS) is 17.7. The fourth-order valence-electron chi connectivity index (χ4n) is 2.89. The maximum atomic E-state index is 12.1. The van der Waals surface area contributed by atoms with Crippen molar-refractivity contribution in [3.63, 3.8) is 0 Å². The van der Waals surface area contributed by atoms with Crippen molar-refractivity contribution in [3.05, 3.63) is 33.9 Å². The molecule has 120 valence electrons. The number of rotatable bonds is 3. The molecule has 0 saturated carbocycles. The van der Waals surface area contributed by atoms with E-state index in [1.54, 1.807) is 6.07 Å². The summed E-state index contributed by atoms with van der Waals surface area (Å²) in [6.07, 6.45) is 3.24. The Kier molecular flexibility index (Phi) is 4.68. The molecule has 1 amide bonds. The van der Waals surface area contributed by atoms with Gasteiger partial charge in [0.15, 0.2) is 0 Å². The van der Waals surface area contributed by atoms with Crippen molar-refractivity contribution >= 4 is 17.3 Å². The van der Waals surface area contributed by atoms with E-state index in [9.17, 15) is 14.9 Å². The predicted molar refractivity (Wildman–Crippen MR) is 86.3 cm³/mol. The first kappa shape index (κ1) is 16.3. The van der Waals surface area contributed by atoms with Gasteiger partial charge in [0, 0.05) is 32.3 Å². The van der Waals surface area contributed by atoms with Crippen molar-refractivity contribution in [1.29, 1.82) is 0 Å². The first-order valence-corrected chi connectivity index (χ1v) is 7.59. The van der Waals surface area contributed by atoms with Crippen LogP contribution >= 0.6 is 0 Å². The van der Waals surface area contributed by atoms with Crippen molar-refractivity contribution < 1.29 is 9.72 Å². The molecule has 0 bridgehead atoms. The molecular weight excluding hydrogens is 282 g/mol. The van der Waals surface area contributed by atoms with Crippen LogP contribution in [0.4, 0.5) is 11.4 Å². The zero-order chi connectivity index (χ0) is 16.3. The summed E-state index contributed by atoms with van der Waals surface area (Å²) in [5.41, 5.74) is 1.39. The van der Waals surface area contributed by atoms with Gasteiger partial charge in [0.1, 0.15) is 0 Å². The Hall–Kier alpha value is -2.11. The number of amides is 1. The van der Waals surface area contributed by atoms with Crippen LogP contribution in [0.3, 0.4) is 0 Å². The van der Waals surface area contributed by atoms with E-state index in [0.717, 1.165) is 38.0 Å². The Balaban J connectivity index is 2.37. The van der Waals surface area contributed by atoms with Gasteiger partial charge in [-0.05, 0) is 30.7 Å². The number of hydrogen-bond acceptors (Lipinski definition) is 4. The van der Waals surface area contributed by atoms with Crippen LogP contribution in [0.1, 0.15) is 43.5 Å². The molecule has 0 spiro atoms. The minimum Gasteiger partial charge on any atom is -0.371 e. The number of anilines is 1. The lowest BCUT2D eigenvalue weighted by Crippen LogP contribution is -2.29. The van der Waals surface area contributed by atoms with Gasteiger partial charge in [-0.25, -0.2) is 0 Å². The molecule has 6 heteroatoms. The maximum Gasteiger partial charge on any atom is 0.270 e. The molecule has 22 heavy (non-hydrogen) atoms. The average Bonchev–Trinajstić information content (AvgIpc) is 2.66. The molecule has 1 saturated heterocycles. The molecule has 0 atom stereocenters. The largest absolute Gasteiger partial charge is 0.371 e. The molecule has 1 aliphatic rings. The summed E-state index contributed by atoms with van der Waals surface area (Å²) in [5.74, 6) is -0.290. The van der Waals surface area contributed by atoms with Crippen molar-refractivity contribution in [2.45, 2.75) is 33.1 Å². The van der Waals surface area contributed by atoms with Crippen LogP contribution in [0.5, 0.6) is 0 Å². The van der Waals surface area contributed by atoms with Crippen molar-refractivity contribution in [2.75, 3.05) is 25.0 Å². The lowest BCUT2D eigenvalue weighted by molar-refractivity contribution is -0.384. The highest BCUT2D eigenvalue weighted by Gasteiger charge is 2.26. The lowest BCUT2D eigenvalue weighted by Gasteiger charge is -2.26. The van der Waals surface area contributed by atoms with Crippen LogP contribution in [0, 0.1) is 15.5 Å². The molecule has 2 rings (SSSR count). The molecule has 1 heterocycles. The van der Waals surface area contributed by atoms with E-state index >= 15 is 0 Å². The van der Waals surface area contributed by atoms with E-state index < -0.39 is 4.92 Å². The molecule has 1 N–H and O–H groups in total. The second kappa shape index (κ2) is 6.34. The van der Waals surface area contributed by atoms with E-state index in [2.05, 4.69) is 24.1 Å². The number of nitrogens with one attached hydrogen (secondary N) is 1. The van der Waals surface area contributed by atoms with Crippen LogP contribution in [0.25, 0.3) is 0 Å². The zero-order valence-electron chi connectivity index (χ0n) is 13.4. The molecule has 6 nitrogen and oxygen atoms in total. The first-order chi connectivity index (χ1) is 10.3. The van der Waals surface area contributed by atoms with Gasteiger partial charge in [-0.1, -0.05) is 13.8 Å². The Bertz CT molecular complexity index is 584. The topological polar surface area (TPSA) is 75.5 Å². The minimum absolute atomic E-state index is 0.0579. The number of benzene rings is 1. The lowest BCUT2D eigenvalue weighted by atomic mass is 9.85. The van der Waals surface area contributed by atoms with Crippen molar-refractivity contribution in [1.82, 2.24) is 5.32 Å². The summed E-state index contributed by atoms with van der Waals surface area (Å²) in [6, 6.07) is 4.53. The van der Waals surface area contributed by atoms with Gasteiger partial charge in [-0.15, -0.1) is 0 Å². The van der Waals surface area contributed by atoms with Crippen molar-refractivity contribution in [2.24, 2.45) is 5.41 Å². The van der Waals surface area contributed by atoms with E-state index in [4.69, 9.17) is 0 Å². The summed E-state index contributed by atoms with van der Waals surface area (Å²) < 4.78 is 0. The smallest absolute Gasteiger partial charge is 0.270 e. The van der Waals surface area contributed by atoms with Crippen LogP contribution in [-0.2, 0) is 0 Å². The van der Waals surface area contributed by atoms with Gasteiger partial charge < -0.3 is 10.2 Å².